The average Bonchev–Trinajstić information content (AvgIpc) is 2.47. The second kappa shape index (κ2) is 10.3. The number of ether oxygens (including phenoxy) is 1. The molecule has 7 heteroatoms. The van der Waals surface area contributed by atoms with Crippen LogP contribution in [0.3, 0.4) is 0 Å². The number of nitrogens with one attached hydrogen (secondary N) is 2. The van der Waals surface area contributed by atoms with Gasteiger partial charge in [-0.05, 0) is 12.8 Å². The standard InChI is InChI=1S/C16H28N2O5/c1-11(2)14(20)3-7-23-8-4-15(21)18-13-9-12(10-13)16(22)17-5-6-19/h11-13,19H,3-10H2,1-2H3,(H,17,22)(H,18,21). The first-order chi connectivity index (χ1) is 10.9. The Kier molecular flexibility index (Phi) is 8.79. The van der Waals surface area contributed by atoms with Gasteiger partial charge in [0, 0.05) is 37.3 Å². The maximum absolute atomic E-state index is 11.7. The fourth-order valence-corrected chi connectivity index (χ4v) is 2.30. The highest BCUT2D eigenvalue weighted by Crippen LogP contribution is 2.27. The molecule has 0 saturated heterocycles. The van der Waals surface area contributed by atoms with Crippen LogP contribution in [0.1, 0.15) is 39.5 Å². The number of hydrogen-bond acceptors (Lipinski definition) is 5. The van der Waals surface area contributed by atoms with Crippen molar-refractivity contribution in [2.75, 3.05) is 26.4 Å². The number of carbonyl (C=O) groups excluding carboxylic acids is 3. The number of carbonyl (C=O) groups is 3. The lowest BCUT2D eigenvalue weighted by molar-refractivity contribution is -0.131. The molecule has 2 amide bonds. The molecule has 1 fully saturated rings. The average molecular weight is 328 g/mol. The van der Waals surface area contributed by atoms with Crippen molar-refractivity contribution < 1.29 is 24.2 Å². The molecule has 1 saturated carbocycles. The zero-order valence-corrected chi connectivity index (χ0v) is 14.0. The SMILES string of the molecule is CC(C)C(=O)CCOCCC(=O)NC1CC(C(=O)NCCO)C1. The van der Waals surface area contributed by atoms with E-state index in [2.05, 4.69) is 10.6 Å². The molecule has 3 N–H and O–H groups in total. The topological polar surface area (TPSA) is 105 Å². The van der Waals surface area contributed by atoms with Crippen molar-refractivity contribution in [2.24, 2.45) is 11.8 Å². The molecule has 0 bridgehead atoms. The maximum Gasteiger partial charge on any atom is 0.223 e. The molecule has 0 heterocycles. The minimum absolute atomic E-state index is 0.0167. The first-order valence-corrected chi connectivity index (χ1v) is 8.22. The van der Waals surface area contributed by atoms with Gasteiger partial charge in [0.2, 0.25) is 11.8 Å². The highest BCUT2D eigenvalue weighted by molar-refractivity contribution is 5.81. The molecule has 0 radical (unpaired) electrons. The van der Waals surface area contributed by atoms with Crippen LogP contribution < -0.4 is 10.6 Å². The summed E-state index contributed by atoms with van der Waals surface area (Å²) in [5.74, 6) is -0.0651. The summed E-state index contributed by atoms with van der Waals surface area (Å²) in [6.45, 7) is 4.55. The Bertz CT molecular complexity index is 405. The van der Waals surface area contributed by atoms with E-state index in [1.807, 2.05) is 13.8 Å². The van der Waals surface area contributed by atoms with E-state index in [4.69, 9.17) is 9.84 Å². The van der Waals surface area contributed by atoms with E-state index < -0.39 is 0 Å². The molecule has 132 valence electrons. The van der Waals surface area contributed by atoms with E-state index in [1.165, 1.54) is 0 Å². The summed E-state index contributed by atoms with van der Waals surface area (Å²) in [6.07, 6.45) is 1.90. The number of aliphatic hydroxyl groups is 1. The third-order valence-electron chi connectivity index (χ3n) is 3.90. The Morgan fingerprint density at radius 1 is 1.17 bits per heavy atom. The van der Waals surface area contributed by atoms with E-state index in [0.29, 0.717) is 32.5 Å². The zero-order chi connectivity index (χ0) is 17.2. The van der Waals surface area contributed by atoms with Crippen molar-refractivity contribution in [3.8, 4) is 0 Å². The van der Waals surface area contributed by atoms with Gasteiger partial charge in [-0.2, -0.15) is 0 Å². The Morgan fingerprint density at radius 2 is 1.83 bits per heavy atom. The molecule has 0 aromatic rings. The molecule has 1 aliphatic rings. The minimum atomic E-state index is -0.0978. The van der Waals surface area contributed by atoms with Crippen molar-refractivity contribution in [3.63, 3.8) is 0 Å². The molecule has 0 unspecified atom stereocenters. The lowest BCUT2D eigenvalue weighted by Crippen LogP contribution is -2.49. The molecule has 0 aromatic heterocycles. The van der Waals surface area contributed by atoms with E-state index >= 15 is 0 Å². The molecule has 0 spiro atoms. The summed E-state index contributed by atoms with van der Waals surface area (Å²) in [5.41, 5.74) is 0. The minimum Gasteiger partial charge on any atom is -0.395 e. The van der Waals surface area contributed by atoms with Crippen LogP contribution in [-0.2, 0) is 19.1 Å². The van der Waals surface area contributed by atoms with Crippen molar-refractivity contribution >= 4 is 17.6 Å². The smallest absolute Gasteiger partial charge is 0.223 e. The highest BCUT2D eigenvalue weighted by atomic mass is 16.5. The highest BCUT2D eigenvalue weighted by Gasteiger charge is 2.34. The predicted octanol–water partition coefficient (Wildman–Crippen LogP) is 0.0116. The monoisotopic (exact) mass is 328 g/mol. The molecule has 1 aliphatic carbocycles. The number of rotatable bonds is 11. The molecular formula is C16H28N2O5. The number of Topliss-reactive ketones (excluding diaryl/α,β-unsaturated/α-hetero) is 1. The van der Waals surface area contributed by atoms with E-state index in [0.717, 1.165) is 0 Å². The Labute approximate surface area is 137 Å². The van der Waals surface area contributed by atoms with Crippen LogP contribution >= 0.6 is 0 Å². The summed E-state index contributed by atoms with van der Waals surface area (Å²) in [7, 11) is 0. The third-order valence-corrected chi connectivity index (χ3v) is 3.90. The van der Waals surface area contributed by atoms with Crippen LogP contribution in [0.25, 0.3) is 0 Å². The van der Waals surface area contributed by atoms with E-state index in [9.17, 15) is 14.4 Å². The van der Waals surface area contributed by atoms with Gasteiger partial charge in [0.25, 0.3) is 0 Å². The van der Waals surface area contributed by atoms with Gasteiger partial charge in [-0.1, -0.05) is 13.8 Å². The fourth-order valence-electron chi connectivity index (χ4n) is 2.30. The fraction of sp³-hybridized carbons (Fsp3) is 0.812. The quantitative estimate of drug-likeness (QED) is 0.464. The largest absolute Gasteiger partial charge is 0.395 e. The van der Waals surface area contributed by atoms with Gasteiger partial charge in [0.05, 0.1) is 19.8 Å². The van der Waals surface area contributed by atoms with Gasteiger partial charge >= 0.3 is 0 Å². The number of ketones is 1. The van der Waals surface area contributed by atoms with Crippen LogP contribution in [-0.4, -0.2) is 55.1 Å². The van der Waals surface area contributed by atoms with Crippen molar-refractivity contribution in [2.45, 2.75) is 45.6 Å². The van der Waals surface area contributed by atoms with E-state index in [1.54, 1.807) is 0 Å². The predicted molar refractivity (Wildman–Crippen MR) is 84.6 cm³/mol. The maximum atomic E-state index is 11.7. The normalized spacial score (nSPS) is 20.0. The van der Waals surface area contributed by atoms with Gasteiger partial charge in [0.15, 0.2) is 0 Å². The summed E-state index contributed by atoms with van der Waals surface area (Å²) in [4.78, 5) is 34.7. The molecule has 23 heavy (non-hydrogen) atoms. The summed E-state index contributed by atoms with van der Waals surface area (Å²) < 4.78 is 5.29. The summed E-state index contributed by atoms with van der Waals surface area (Å²) in [5, 5.41) is 14.1. The van der Waals surface area contributed by atoms with Gasteiger partial charge in [0.1, 0.15) is 5.78 Å². The molecule has 0 atom stereocenters. The number of amides is 2. The second-order valence-electron chi connectivity index (χ2n) is 6.18. The van der Waals surface area contributed by atoms with Crippen molar-refractivity contribution in [1.82, 2.24) is 10.6 Å². The van der Waals surface area contributed by atoms with Gasteiger partial charge in [-0.3, -0.25) is 14.4 Å². The molecule has 7 nitrogen and oxygen atoms in total. The zero-order valence-electron chi connectivity index (χ0n) is 14.0. The summed E-state index contributed by atoms with van der Waals surface area (Å²) >= 11 is 0. The number of aliphatic hydroxyl groups excluding tert-OH is 1. The van der Waals surface area contributed by atoms with Gasteiger partial charge < -0.3 is 20.5 Å². The van der Waals surface area contributed by atoms with Crippen molar-refractivity contribution in [1.29, 1.82) is 0 Å². The van der Waals surface area contributed by atoms with Crippen LogP contribution in [0, 0.1) is 11.8 Å². The van der Waals surface area contributed by atoms with Crippen molar-refractivity contribution in [3.05, 3.63) is 0 Å². The lowest BCUT2D eigenvalue weighted by atomic mass is 9.79. The number of hydrogen-bond donors (Lipinski definition) is 3. The van der Waals surface area contributed by atoms with E-state index in [-0.39, 0.29) is 55.0 Å². The third kappa shape index (κ3) is 7.56. The van der Waals surface area contributed by atoms with Crippen LogP contribution in [0.5, 0.6) is 0 Å². The summed E-state index contributed by atoms with van der Waals surface area (Å²) in [6, 6.07) is 0.0369. The van der Waals surface area contributed by atoms with Crippen LogP contribution in [0.4, 0.5) is 0 Å². The van der Waals surface area contributed by atoms with Crippen LogP contribution in [0.15, 0.2) is 0 Å². The first-order valence-electron chi connectivity index (χ1n) is 8.22. The van der Waals surface area contributed by atoms with Gasteiger partial charge in [-0.25, -0.2) is 0 Å². The lowest BCUT2D eigenvalue weighted by Gasteiger charge is -2.34. The Balaban J connectivity index is 2.02. The van der Waals surface area contributed by atoms with Crippen LogP contribution in [0.2, 0.25) is 0 Å². The van der Waals surface area contributed by atoms with Gasteiger partial charge in [-0.15, -0.1) is 0 Å². The first kappa shape index (κ1) is 19.6. The molecule has 0 aliphatic heterocycles. The molecular weight excluding hydrogens is 300 g/mol. The Hall–Kier alpha value is -1.47. The molecule has 0 aromatic carbocycles. The molecule has 1 rings (SSSR count). The second-order valence-corrected chi connectivity index (χ2v) is 6.18. The Morgan fingerprint density at radius 3 is 2.43 bits per heavy atom.